The maximum absolute atomic E-state index is 10.4. The number of aromatic hydroxyl groups is 1. The molecule has 0 radical (unpaired) electrons. The molecule has 2 N–H and O–H groups in total. The standard InChI is InChI=1S/C14H21NO3/c1-15-10-6-4-5-9-7-12(17-2)14(18-3)13(16)11(9)8-10/h7,10,15-16H,4-6,8H2,1-3H3/t10-/m0/s1. The molecule has 0 saturated carbocycles. The van der Waals surface area contributed by atoms with E-state index in [1.165, 1.54) is 5.56 Å². The Labute approximate surface area is 108 Å². The fourth-order valence-electron chi connectivity index (χ4n) is 2.65. The highest BCUT2D eigenvalue weighted by molar-refractivity contribution is 5.58. The van der Waals surface area contributed by atoms with Crippen molar-refractivity contribution >= 4 is 0 Å². The Morgan fingerprint density at radius 1 is 1.33 bits per heavy atom. The summed E-state index contributed by atoms with van der Waals surface area (Å²) < 4.78 is 10.5. The van der Waals surface area contributed by atoms with E-state index in [9.17, 15) is 5.11 Å². The van der Waals surface area contributed by atoms with Crippen molar-refractivity contribution in [3.8, 4) is 17.2 Å². The first-order chi connectivity index (χ1) is 8.71. The zero-order chi connectivity index (χ0) is 13.1. The summed E-state index contributed by atoms with van der Waals surface area (Å²) in [5.41, 5.74) is 2.16. The van der Waals surface area contributed by atoms with Gasteiger partial charge in [0.1, 0.15) is 0 Å². The maximum Gasteiger partial charge on any atom is 0.203 e. The quantitative estimate of drug-likeness (QED) is 0.805. The average Bonchev–Trinajstić information content (AvgIpc) is 2.60. The molecule has 0 fully saturated rings. The summed E-state index contributed by atoms with van der Waals surface area (Å²) >= 11 is 0. The lowest BCUT2D eigenvalue weighted by Crippen LogP contribution is -2.26. The SMILES string of the molecule is CN[C@H]1CCCc2cc(OC)c(OC)c(O)c2C1. The van der Waals surface area contributed by atoms with Crippen LogP contribution in [0.4, 0.5) is 0 Å². The third-order valence-electron chi connectivity index (χ3n) is 3.70. The molecule has 0 heterocycles. The van der Waals surface area contributed by atoms with Crippen molar-refractivity contribution in [3.05, 3.63) is 17.2 Å². The van der Waals surface area contributed by atoms with Gasteiger partial charge in [0.25, 0.3) is 0 Å². The van der Waals surface area contributed by atoms with Crippen LogP contribution < -0.4 is 14.8 Å². The largest absolute Gasteiger partial charge is 0.504 e. The summed E-state index contributed by atoms with van der Waals surface area (Å²) in [6.07, 6.45) is 4.04. The minimum absolute atomic E-state index is 0.231. The molecule has 2 rings (SSSR count). The molecule has 1 atom stereocenters. The Morgan fingerprint density at radius 2 is 2.11 bits per heavy atom. The van der Waals surface area contributed by atoms with Crippen molar-refractivity contribution in [2.45, 2.75) is 31.7 Å². The van der Waals surface area contributed by atoms with Crippen molar-refractivity contribution < 1.29 is 14.6 Å². The number of ether oxygens (including phenoxy) is 2. The molecule has 0 unspecified atom stereocenters. The zero-order valence-corrected chi connectivity index (χ0v) is 11.2. The minimum Gasteiger partial charge on any atom is -0.504 e. The van der Waals surface area contributed by atoms with Crippen LogP contribution in [0.15, 0.2) is 6.07 Å². The molecule has 0 amide bonds. The fraction of sp³-hybridized carbons (Fsp3) is 0.571. The monoisotopic (exact) mass is 251 g/mol. The Hall–Kier alpha value is -1.42. The molecule has 1 aliphatic rings. The molecule has 0 spiro atoms. The zero-order valence-electron chi connectivity index (χ0n) is 11.2. The van der Waals surface area contributed by atoms with Crippen molar-refractivity contribution in [1.29, 1.82) is 0 Å². The van der Waals surface area contributed by atoms with Gasteiger partial charge in [0.05, 0.1) is 14.2 Å². The van der Waals surface area contributed by atoms with Gasteiger partial charge in [-0.2, -0.15) is 0 Å². The van der Waals surface area contributed by atoms with Crippen LogP contribution in [-0.2, 0) is 12.8 Å². The molecule has 4 nitrogen and oxygen atoms in total. The van der Waals surface area contributed by atoms with E-state index in [1.807, 2.05) is 13.1 Å². The van der Waals surface area contributed by atoms with Gasteiger partial charge in [0.15, 0.2) is 11.5 Å². The van der Waals surface area contributed by atoms with Gasteiger partial charge in [0.2, 0.25) is 5.75 Å². The van der Waals surface area contributed by atoms with Crippen molar-refractivity contribution in [2.75, 3.05) is 21.3 Å². The van der Waals surface area contributed by atoms with Gasteiger partial charge in [-0.3, -0.25) is 0 Å². The topological polar surface area (TPSA) is 50.7 Å². The molecule has 0 aromatic heterocycles. The van der Waals surface area contributed by atoms with Crippen LogP contribution in [0.25, 0.3) is 0 Å². The summed E-state index contributed by atoms with van der Waals surface area (Å²) in [6.45, 7) is 0. The molecular formula is C14H21NO3. The fourth-order valence-corrected chi connectivity index (χ4v) is 2.65. The van der Waals surface area contributed by atoms with Gasteiger partial charge in [-0.1, -0.05) is 0 Å². The summed E-state index contributed by atoms with van der Waals surface area (Å²) in [7, 11) is 5.11. The van der Waals surface area contributed by atoms with Crippen LogP contribution in [-0.4, -0.2) is 32.4 Å². The number of phenols is 1. The van der Waals surface area contributed by atoms with E-state index in [-0.39, 0.29) is 5.75 Å². The number of rotatable bonds is 3. The van der Waals surface area contributed by atoms with Gasteiger partial charge in [-0.15, -0.1) is 0 Å². The minimum atomic E-state index is 0.231. The number of fused-ring (bicyclic) bond motifs is 1. The highest BCUT2D eigenvalue weighted by Crippen LogP contribution is 2.43. The molecule has 0 aliphatic heterocycles. The third-order valence-corrected chi connectivity index (χ3v) is 3.70. The first-order valence-corrected chi connectivity index (χ1v) is 6.34. The number of hydrogen-bond donors (Lipinski definition) is 2. The highest BCUT2D eigenvalue weighted by atomic mass is 16.5. The maximum atomic E-state index is 10.4. The first kappa shape index (κ1) is 13.0. The average molecular weight is 251 g/mol. The second-order valence-electron chi connectivity index (χ2n) is 4.68. The molecule has 4 heteroatoms. The molecular weight excluding hydrogens is 230 g/mol. The Morgan fingerprint density at radius 3 is 2.72 bits per heavy atom. The molecule has 1 aromatic carbocycles. The van der Waals surface area contributed by atoms with Gasteiger partial charge >= 0.3 is 0 Å². The lowest BCUT2D eigenvalue weighted by molar-refractivity contribution is 0.330. The highest BCUT2D eigenvalue weighted by Gasteiger charge is 2.23. The molecule has 100 valence electrons. The van der Waals surface area contributed by atoms with E-state index in [4.69, 9.17) is 9.47 Å². The van der Waals surface area contributed by atoms with Crippen molar-refractivity contribution in [3.63, 3.8) is 0 Å². The van der Waals surface area contributed by atoms with E-state index in [1.54, 1.807) is 14.2 Å². The van der Waals surface area contributed by atoms with Crippen LogP contribution >= 0.6 is 0 Å². The molecule has 1 aromatic rings. The third kappa shape index (κ3) is 2.25. The second kappa shape index (κ2) is 5.48. The summed E-state index contributed by atoms with van der Waals surface area (Å²) in [6, 6.07) is 2.40. The van der Waals surface area contributed by atoms with Gasteiger partial charge in [-0.05, 0) is 44.4 Å². The van der Waals surface area contributed by atoms with Crippen molar-refractivity contribution in [1.82, 2.24) is 5.32 Å². The van der Waals surface area contributed by atoms with E-state index in [2.05, 4.69) is 5.32 Å². The van der Waals surface area contributed by atoms with Gasteiger partial charge in [-0.25, -0.2) is 0 Å². The normalized spacial score (nSPS) is 18.9. The molecule has 18 heavy (non-hydrogen) atoms. The van der Waals surface area contributed by atoms with E-state index < -0.39 is 0 Å². The second-order valence-corrected chi connectivity index (χ2v) is 4.68. The molecule has 0 bridgehead atoms. The summed E-state index contributed by atoms with van der Waals surface area (Å²) in [5, 5.41) is 13.6. The predicted octanol–water partition coefficient (Wildman–Crippen LogP) is 1.88. The Balaban J connectivity index is 2.49. The van der Waals surface area contributed by atoms with Crippen LogP contribution in [0.2, 0.25) is 0 Å². The Kier molecular flexibility index (Phi) is 3.97. The Bertz CT molecular complexity index is 432. The number of methoxy groups -OCH3 is 2. The molecule has 1 aliphatic carbocycles. The first-order valence-electron chi connectivity index (χ1n) is 6.34. The molecule has 0 saturated heterocycles. The lowest BCUT2D eigenvalue weighted by atomic mass is 9.99. The van der Waals surface area contributed by atoms with Crippen LogP contribution in [0.3, 0.4) is 0 Å². The van der Waals surface area contributed by atoms with Crippen LogP contribution in [0.5, 0.6) is 17.2 Å². The number of nitrogens with one attached hydrogen (secondary N) is 1. The van der Waals surface area contributed by atoms with Crippen LogP contribution in [0.1, 0.15) is 24.0 Å². The van der Waals surface area contributed by atoms with Gasteiger partial charge < -0.3 is 19.9 Å². The van der Waals surface area contributed by atoms with Crippen LogP contribution in [0, 0.1) is 0 Å². The number of benzene rings is 1. The summed E-state index contributed by atoms with van der Waals surface area (Å²) in [5.74, 6) is 1.28. The number of phenolic OH excluding ortho intramolecular Hbond substituents is 1. The predicted molar refractivity (Wildman–Crippen MR) is 70.7 cm³/mol. The smallest absolute Gasteiger partial charge is 0.203 e. The number of aryl methyl sites for hydroxylation is 1. The van der Waals surface area contributed by atoms with E-state index in [0.29, 0.717) is 17.5 Å². The van der Waals surface area contributed by atoms with E-state index >= 15 is 0 Å². The van der Waals surface area contributed by atoms with Crippen molar-refractivity contribution in [2.24, 2.45) is 0 Å². The summed E-state index contributed by atoms with van der Waals surface area (Å²) in [4.78, 5) is 0. The van der Waals surface area contributed by atoms with E-state index in [0.717, 1.165) is 31.2 Å². The number of hydrogen-bond acceptors (Lipinski definition) is 4. The number of likely N-dealkylation sites (N-methyl/N-ethyl adjacent to an activating group) is 1. The van der Waals surface area contributed by atoms with Gasteiger partial charge in [0, 0.05) is 11.6 Å². The lowest BCUT2D eigenvalue weighted by Gasteiger charge is -2.18.